The third kappa shape index (κ3) is 4.57. The van der Waals surface area contributed by atoms with E-state index in [1.54, 1.807) is 29.4 Å². The number of amides is 1. The zero-order valence-electron chi connectivity index (χ0n) is 16.8. The molecule has 4 rings (SSSR count). The summed E-state index contributed by atoms with van der Waals surface area (Å²) in [4.78, 5) is 19.5. The van der Waals surface area contributed by atoms with E-state index in [0.29, 0.717) is 48.4 Å². The SMILES string of the molecule is Cc1ccccc1CN(Cc1cccnc1)C(=O)c1cc(Cl)c2c(c1)OCCCO2. The molecule has 0 saturated carbocycles. The summed E-state index contributed by atoms with van der Waals surface area (Å²) in [6.07, 6.45) is 4.27. The highest BCUT2D eigenvalue weighted by Gasteiger charge is 2.23. The molecule has 2 heterocycles. The van der Waals surface area contributed by atoms with Gasteiger partial charge in [0, 0.05) is 37.5 Å². The minimum Gasteiger partial charge on any atom is -0.489 e. The maximum atomic E-state index is 13.5. The smallest absolute Gasteiger partial charge is 0.254 e. The molecule has 0 radical (unpaired) electrons. The van der Waals surface area contributed by atoms with Crippen LogP contribution >= 0.6 is 11.6 Å². The molecule has 1 aliphatic rings. The molecule has 0 aliphatic carbocycles. The molecule has 6 heteroatoms. The first kappa shape index (κ1) is 20.2. The maximum Gasteiger partial charge on any atom is 0.254 e. The first-order valence-corrected chi connectivity index (χ1v) is 10.3. The Hall–Kier alpha value is -3.05. The Labute approximate surface area is 181 Å². The number of carbonyl (C=O) groups excluding carboxylic acids is 1. The van der Waals surface area contributed by atoms with Gasteiger partial charge in [-0.2, -0.15) is 0 Å². The van der Waals surface area contributed by atoms with Gasteiger partial charge >= 0.3 is 0 Å². The summed E-state index contributed by atoms with van der Waals surface area (Å²) in [6.45, 7) is 4.04. The van der Waals surface area contributed by atoms with Gasteiger partial charge in [0.25, 0.3) is 5.91 Å². The molecule has 0 fully saturated rings. The van der Waals surface area contributed by atoms with Gasteiger partial charge in [-0.15, -0.1) is 0 Å². The molecule has 0 N–H and O–H groups in total. The van der Waals surface area contributed by atoms with Crippen molar-refractivity contribution in [2.24, 2.45) is 0 Å². The Morgan fingerprint density at radius 2 is 1.93 bits per heavy atom. The largest absolute Gasteiger partial charge is 0.489 e. The predicted octanol–water partition coefficient (Wildman–Crippen LogP) is 5.05. The first-order valence-electron chi connectivity index (χ1n) is 9.93. The highest BCUT2D eigenvalue weighted by atomic mass is 35.5. The van der Waals surface area contributed by atoms with Crippen molar-refractivity contribution in [2.75, 3.05) is 13.2 Å². The van der Waals surface area contributed by atoms with E-state index >= 15 is 0 Å². The number of aryl methyl sites for hydroxylation is 1. The Kier molecular flexibility index (Phi) is 6.19. The Morgan fingerprint density at radius 1 is 1.10 bits per heavy atom. The lowest BCUT2D eigenvalue weighted by atomic mass is 10.1. The van der Waals surface area contributed by atoms with Crippen LogP contribution in [0.3, 0.4) is 0 Å². The van der Waals surface area contributed by atoms with E-state index < -0.39 is 0 Å². The molecule has 154 valence electrons. The third-order valence-corrected chi connectivity index (χ3v) is 5.34. The molecule has 0 atom stereocenters. The van der Waals surface area contributed by atoms with Gasteiger partial charge in [0.05, 0.1) is 18.2 Å². The topological polar surface area (TPSA) is 51.7 Å². The number of pyridine rings is 1. The summed E-state index contributed by atoms with van der Waals surface area (Å²) >= 11 is 6.43. The molecule has 1 aromatic heterocycles. The van der Waals surface area contributed by atoms with Crippen molar-refractivity contribution in [3.8, 4) is 11.5 Å². The summed E-state index contributed by atoms with van der Waals surface area (Å²) in [5, 5.41) is 0.384. The van der Waals surface area contributed by atoms with Crippen molar-refractivity contribution in [2.45, 2.75) is 26.4 Å². The van der Waals surface area contributed by atoms with Crippen LogP contribution < -0.4 is 9.47 Å². The number of ether oxygens (including phenoxy) is 2. The highest BCUT2D eigenvalue weighted by molar-refractivity contribution is 6.32. The quantitative estimate of drug-likeness (QED) is 0.577. The van der Waals surface area contributed by atoms with Crippen molar-refractivity contribution in [1.29, 1.82) is 0 Å². The normalized spacial score (nSPS) is 12.9. The molecule has 3 aromatic rings. The average molecular weight is 423 g/mol. The van der Waals surface area contributed by atoms with E-state index in [2.05, 4.69) is 4.98 Å². The first-order chi connectivity index (χ1) is 14.6. The predicted molar refractivity (Wildman–Crippen MR) is 116 cm³/mol. The lowest BCUT2D eigenvalue weighted by molar-refractivity contribution is 0.0729. The Morgan fingerprint density at radius 3 is 2.73 bits per heavy atom. The summed E-state index contributed by atoms with van der Waals surface area (Å²) in [7, 11) is 0. The Bertz CT molecular complexity index is 1040. The molecule has 0 spiro atoms. The number of carbonyl (C=O) groups is 1. The fraction of sp³-hybridized carbons (Fsp3) is 0.250. The second-order valence-corrected chi connectivity index (χ2v) is 7.69. The van der Waals surface area contributed by atoms with Gasteiger partial charge in [-0.05, 0) is 41.8 Å². The molecule has 30 heavy (non-hydrogen) atoms. The van der Waals surface area contributed by atoms with Gasteiger partial charge in [0.2, 0.25) is 0 Å². The summed E-state index contributed by atoms with van der Waals surface area (Å²) in [5.74, 6) is 0.892. The molecule has 1 amide bonds. The number of aromatic nitrogens is 1. The van der Waals surface area contributed by atoms with Crippen molar-refractivity contribution < 1.29 is 14.3 Å². The van der Waals surface area contributed by atoms with Gasteiger partial charge in [-0.3, -0.25) is 9.78 Å². The summed E-state index contributed by atoms with van der Waals surface area (Å²) in [5.41, 5.74) is 3.66. The molecule has 5 nitrogen and oxygen atoms in total. The number of halogens is 1. The van der Waals surface area contributed by atoms with Crippen molar-refractivity contribution in [1.82, 2.24) is 9.88 Å². The van der Waals surface area contributed by atoms with Gasteiger partial charge in [-0.1, -0.05) is 41.9 Å². The van der Waals surface area contributed by atoms with E-state index in [1.165, 1.54) is 0 Å². The summed E-state index contributed by atoms with van der Waals surface area (Å²) < 4.78 is 11.5. The van der Waals surface area contributed by atoms with E-state index in [1.807, 2.05) is 43.3 Å². The van der Waals surface area contributed by atoms with Crippen molar-refractivity contribution in [3.05, 3.63) is 88.2 Å². The third-order valence-electron chi connectivity index (χ3n) is 5.06. The lowest BCUT2D eigenvalue weighted by Crippen LogP contribution is -2.30. The second-order valence-electron chi connectivity index (χ2n) is 7.28. The van der Waals surface area contributed by atoms with Crippen LogP contribution in [0, 0.1) is 6.92 Å². The number of benzene rings is 2. The van der Waals surface area contributed by atoms with Crippen LogP contribution in [-0.4, -0.2) is 29.0 Å². The molecule has 0 bridgehead atoms. The molecule has 0 unspecified atom stereocenters. The monoisotopic (exact) mass is 422 g/mol. The molecule has 2 aromatic carbocycles. The van der Waals surface area contributed by atoms with Crippen LogP contribution in [0.1, 0.15) is 33.5 Å². The van der Waals surface area contributed by atoms with Crippen molar-refractivity contribution in [3.63, 3.8) is 0 Å². The number of hydrogen-bond donors (Lipinski definition) is 0. The number of fused-ring (bicyclic) bond motifs is 1. The second kappa shape index (κ2) is 9.18. The van der Waals surface area contributed by atoms with Crippen LogP contribution in [0.25, 0.3) is 0 Å². The van der Waals surface area contributed by atoms with Gasteiger partial charge < -0.3 is 14.4 Å². The lowest BCUT2D eigenvalue weighted by Gasteiger charge is -2.24. The van der Waals surface area contributed by atoms with E-state index in [9.17, 15) is 4.79 Å². The molecule has 0 saturated heterocycles. The van der Waals surface area contributed by atoms with Gasteiger partial charge in [0.15, 0.2) is 11.5 Å². The maximum absolute atomic E-state index is 13.5. The van der Waals surface area contributed by atoms with Gasteiger partial charge in [0.1, 0.15) is 0 Å². The van der Waals surface area contributed by atoms with Crippen LogP contribution in [0.2, 0.25) is 5.02 Å². The highest BCUT2D eigenvalue weighted by Crippen LogP contribution is 2.38. The zero-order chi connectivity index (χ0) is 20.9. The Balaban J connectivity index is 1.67. The van der Waals surface area contributed by atoms with Crippen LogP contribution in [-0.2, 0) is 13.1 Å². The van der Waals surface area contributed by atoms with E-state index in [0.717, 1.165) is 23.1 Å². The summed E-state index contributed by atoms with van der Waals surface area (Å²) in [6, 6.07) is 15.3. The van der Waals surface area contributed by atoms with Gasteiger partial charge in [-0.25, -0.2) is 0 Å². The van der Waals surface area contributed by atoms with Crippen LogP contribution in [0.4, 0.5) is 0 Å². The average Bonchev–Trinajstić information content (AvgIpc) is 3.01. The standard InChI is InChI=1S/C24H23ClN2O3/c1-17-6-2-3-8-19(17)16-27(15-18-7-4-9-26-14-18)24(28)20-12-21(25)23-22(13-20)29-10-5-11-30-23/h2-4,6-9,12-14H,5,10-11,15-16H2,1H3. The minimum absolute atomic E-state index is 0.125. The number of hydrogen-bond acceptors (Lipinski definition) is 4. The van der Waals surface area contributed by atoms with E-state index in [4.69, 9.17) is 21.1 Å². The molecular weight excluding hydrogens is 400 g/mol. The fourth-order valence-corrected chi connectivity index (χ4v) is 3.71. The van der Waals surface area contributed by atoms with E-state index in [-0.39, 0.29) is 5.91 Å². The molecular formula is C24H23ClN2O3. The van der Waals surface area contributed by atoms with Crippen LogP contribution in [0.15, 0.2) is 60.9 Å². The number of rotatable bonds is 5. The van der Waals surface area contributed by atoms with Crippen LogP contribution in [0.5, 0.6) is 11.5 Å². The van der Waals surface area contributed by atoms with Crippen molar-refractivity contribution >= 4 is 17.5 Å². The minimum atomic E-state index is -0.125. The number of nitrogens with zero attached hydrogens (tertiary/aromatic N) is 2. The zero-order valence-corrected chi connectivity index (χ0v) is 17.6. The fourth-order valence-electron chi connectivity index (χ4n) is 3.44. The molecule has 1 aliphatic heterocycles.